The Morgan fingerprint density at radius 1 is 1.07 bits per heavy atom. The molecule has 1 heterocycles. The van der Waals surface area contributed by atoms with E-state index in [0.29, 0.717) is 18.0 Å². The van der Waals surface area contributed by atoms with Gasteiger partial charge in [-0.1, -0.05) is 54.2 Å². The number of nitrogens with one attached hydrogen (secondary N) is 3. The summed E-state index contributed by atoms with van der Waals surface area (Å²) in [6.45, 7) is 2.29. The number of hydrogen-bond acceptors (Lipinski definition) is 4. The molecule has 0 saturated heterocycles. The molecule has 0 atom stereocenters. The first-order chi connectivity index (χ1) is 13.1. The van der Waals surface area contributed by atoms with E-state index in [1.807, 2.05) is 55.5 Å². The van der Waals surface area contributed by atoms with Crippen LogP contribution in [0.15, 0.2) is 66.0 Å². The third kappa shape index (κ3) is 5.46. The van der Waals surface area contributed by atoms with Gasteiger partial charge < -0.3 is 15.6 Å². The Hall–Kier alpha value is -3.06. The lowest BCUT2D eigenvalue weighted by molar-refractivity contribution is -0.136. The number of imidazole rings is 1. The van der Waals surface area contributed by atoms with Gasteiger partial charge in [-0.3, -0.25) is 9.59 Å². The molecule has 2 aromatic carbocycles. The third-order valence-corrected chi connectivity index (χ3v) is 4.64. The molecule has 138 valence electrons. The Labute approximate surface area is 161 Å². The van der Waals surface area contributed by atoms with Crippen LogP contribution in [0.2, 0.25) is 0 Å². The van der Waals surface area contributed by atoms with Gasteiger partial charge in [-0.05, 0) is 30.2 Å². The molecule has 3 aromatic rings. The fourth-order valence-electron chi connectivity index (χ4n) is 2.44. The van der Waals surface area contributed by atoms with E-state index in [-0.39, 0.29) is 0 Å². The van der Waals surface area contributed by atoms with Crippen molar-refractivity contribution in [1.29, 1.82) is 0 Å². The van der Waals surface area contributed by atoms with Gasteiger partial charge in [0.05, 0.1) is 11.9 Å². The predicted molar refractivity (Wildman–Crippen MR) is 108 cm³/mol. The van der Waals surface area contributed by atoms with E-state index in [9.17, 15) is 9.59 Å². The van der Waals surface area contributed by atoms with Crippen molar-refractivity contribution in [1.82, 2.24) is 15.3 Å². The number of anilines is 1. The fraction of sp³-hybridized carbons (Fsp3) is 0.150. The first kappa shape index (κ1) is 18.7. The summed E-state index contributed by atoms with van der Waals surface area (Å²) in [5.74, 6) is -0.720. The second-order valence-corrected chi connectivity index (χ2v) is 6.98. The normalized spacial score (nSPS) is 10.4. The molecule has 0 unspecified atom stereocenters. The zero-order valence-corrected chi connectivity index (χ0v) is 15.7. The number of nitrogens with zero attached hydrogens (tertiary/aromatic N) is 1. The number of benzene rings is 2. The second kappa shape index (κ2) is 9.05. The number of rotatable bonds is 6. The number of aryl methyl sites for hydroxylation is 1. The van der Waals surface area contributed by atoms with Crippen molar-refractivity contribution in [2.24, 2.45) is 0 Å². The van der Waals surface area contributed by atoms with Crippen LogP contribution in [-0.4, -0.2) is 34.1 Å². The maximum absolute atomic E-state index is 11.9. The molecule has 0 fully saturated rings. The zero-order valence-electron chi connectivity index (χ0n) is 14.9. The smallest absolute Gasteiger partial charge is 0.313 e. The van der Waals surface area contributed by atoms with Crippen molar-refractivity contribution in [2.45, 2.75) is 12.1 Å². The molecule has 0 aliphatic rings. The molecular formula is C20H20N4O2S. The van der Waals surface area contributed by atoms with Crippen molar-refractivity contribution in [3.63, 3.8) is 0 Å². The summed E-state index contributed by atoms with van der Waals surface area (Å²) in [5, 5.41) is 5.97. The number of aromatic amines is 1. The second-order valence-electron chi connectivity index (χ2n) is 5.90. The first-order valence-electron chi connectivity index (χ1n) is 8.51. The van der Waals surface area contributed by atoms with E-state index in [0.717, 1.165) is 22.0 Å². The van der Waals surface area contributed by atoms with Gasteiger partial charge in [0.1, 0.15) is 0 Å². The molecule has 3 N–H and O–H groups in total. The Morgan fingerprint density at radius 3 is 2.67 bits per heavy atom. The highest BCUT2D eigenvalue weighted by molar-refractivity contribution is 7.99. The summed E-state index contributed by atoms with van der Waals surface area (Å²) >= 11 is 1.48. The number of H-pyrrole nitrogens is 1. The maximum atomic E-state index is 11.9. The number of hydrogen-bond donors (Lipinski definition) is 3. The summed E-state index contributed by atoms with van der Waals surface area (Å²) in [6.07, 6.45) is 1.78. The summed E-state index contributed by atoms with van der Waals surface area (Å²) in [7, 11) is 0. The lowest BCUT2D eigenvalue weighted by Gasteiger charge is -2.06. The number of amides is 2. The molecule has 6 nitrogen and oxygen atoms in total. The Morgan fingerprint density at radius 2 is 1.89 bits per heavy atom. The molecular weight excluding hydrogens is 360 g/mol. The summed E-state index contributed by atoms with van der Waals surface area (Å²) in [4.78, 5) is 31.3. The quantitative estimate of drug-likeness (QED) is 0.348. The number of carbonyl (C=O) groups is 2. The number of aromatic nitrogens is 2. The van der Waals surface area contributed by atoms with Crippen molar-refractivity contribution in [3.8, 4) is 11.3 Å². The van der Waals surface area contributed by atoms with Crippen LogP contribution in [-0.2, 0) is 9.59 Å². The minimum absolute atomic E-state index is 0.367. The van der Waals surface area contributed by atoms with Crippen LogP contribution in [0, 0.1) is 6.92 Å². The highest BCUT2D eigenvalue weighted by Crippen LogP contribution is 2.20. The first-order valence-corrected chi connectivity index (χ1v) is 9.49. The minimum Gasteiger partial charge on any atom is -0.347 e. The van der Waals surface area contributed by atoms with Crippen LogP contribution < -0.4 is 10.6 Å². The molecule has 0 aliphatic carbocycles. The van der Waals surface area contributed by atoms with E-state index in [1.54, 1.807) is 12.3 Å². The third-order valence-electron chi connectivity index (χ3n) is 3.75. The van der Waals surface area contributed by atoms with Crippen LogP contribution >= 0.6 is 11.8 Å². The Kier molecular flexibility index (Phi) is 6.27. The summed E-state index contributed by atoms with van der Waals surface area (Å²) in [5.41, 5.74) is 3.63. The summed E-state index contributed by atoms with van der Waals surface area (Å²) in [6, 6.07) is 17.2. The maximum Gasteiger partial charge on any atom is 0.313 e. The van der Waals surface area contributed by atoms with Crippen molar-refractivity contribution >= 4 is 29.3 Å². The van der Waals surface area contributed by atoms with Crippen LogP contribution in [0.1, 0.15) is 5.56 Å². The van der Waals surface area contributed by atoms with Gasteiger partial charge >= 0.3 is 11.8 Å². The molecule has 0 spiro atoms. The Bertz CT molecular complexity index is 924. The van der Waals surface area contributed by atoms with E-state index in [1.165, 1.54) is 11.8 Å². The highest BCUT2D eigenvalue weighted by Gasteiger charge is 2.13. The van der Waals surface area contributed by atoms with Gasteiger partial charge in [0, 0.05) is 18.0 Å². The van der Waals surface area contributed by atoms with Gasteiger partial charge in [0.2, 0.25) is 0 Å². The highest BCUT2D eigenvalue weighted by atomic mass is 32.2. The molecule has 7 heteroatoms. The van der Waals surface area contributed by atoms with Crippen molar-refractivity contribution in [2.75, 3.05) is 17.6 Å². The average molecular weight is 380 g/mol. The van der Waals surface area contributed by atoms with Crippen LogP contribution in [0.3, 0.4) is 0 Å². The summed E-state index contributed by atoms with van der Waals surface area (Å²) < 4.78 is 0. The molecule has 0 bridgehead atoms. The SMILES string of the molecule is Cc1cccc(NC(=O)C(=O)NCCSc2ncc(-c3ccccc3)[nH]2)c1. The molecule has 3 rings (SSSR count). The van der Waals surface area contributed by atoms with Crippen molar-refractivity contribution < 1.29 is 9.59 Å². The van der Waals surface area contributed by atoms with E-state index < -0.39 is 11.8 Å². The molecule has 0 saturated carbocycles. The molecule has 0 aliphatic heterocycles. The Balaban J connectivity index is 1.41. The van der Waals surface area contributed by atoms with E-state index >= 15 is 0 Å². The van der Waals surface area contributed by atoms with Gasteiger partial charge in [-0.15, -0.1) is 0 Å². The lowest BCUT2D eigenvalue weighted by atomic mass is 10.2. The number of carbonyl (C=O) groups excluding carboxylic acids is 2. The van der Waals surface area contributed by atoms with E-state index in [4.69, 9.17) is 0 Å². The van der Waals surface area contributed by atoms with E-state index in [2.05, 4.69) is 20.6 Å². The van der Waals surface area contributed by atoms with Crippen LogP contribution in [0.4, 0.5) is 5.69 Å². The van der Waals surface area contributed by atoms with Crippen LogP contribution in [0.5, 0.6) is 0 Å². The predicted octanol–water partition coefficient (Wildman–Crippen LogP) is 3.23. The molecule has 1 aromatic heterocycles. The van der Waals surface area contributed by atoms with Crippen LogP contribution in [0.25, 0.3) is 11.3 Å². The van der Waals surface area contributed by atoms with Gasteiger partial charge in [-0.25, -0.2) is 4.98 Å². The van der Waals surface area contributed by atoms with Crippen molar-refractivity contribution in [3.05, 3.63) is 66.4 Å². The lowest BCUT2D eigenvalue weighted by Crippen LogP contribution is -2.36. The number of thioether (sulfide) groups is 1. The topological polar surface area (TPSA) is 86.9 Å². The fourth-order valence-corrected chi connectivity index (χ4v) is 3.15. The largest absolute Gasteiger partial charge is 0.347 e. The van der Waals surface area contributed by atoms with Gasteiger partial charge in [0.15, 0.2) is 5.16 Å². The molecule has 27 heavy (non-hydrogen) atoms. The van der Waals surface area contributed by atoms with Gasteiger partial charge in [0.25, 0.3) is 0 Å². The standard InChI is InChI=1S/C20H20N4O2S/c1-14-6-5-9-16(12-14)23-19(26)18(25)21-10-11-27-20-22-13-17(24-20)15-7-3-2-4-8-15/h2-9,12-13H,10-11H2,1H3,(H,21,25)(H,22,24)(H,23,26). The molecule has 0 radical (unpaired) electrons. The monoisotopic (exact) mass is 380 g/mol. The minimum atomic E-state index is -0.671. The molecule has 2 amide bonds. The average Bonchev–Trinajstić information content (AvgIpc) is 3.15. The van der Waals surface area contributed by atoms with Gasteiger partial charge in [-0.2, -0.15) is 0 Å². The zero-order chi connectivity index (χ0) is 19.1.